The summed E-state index contributed by atoms with van der Waals surface area (Å²) >= 11 is 0. The largest absolute Gasteiger partial charge is 0.476 e. The van der Waals surface area contributed by atoms with Gasteiger partial charge in [-0.3, -0.25) is 0 Å². The van der Waals surface area contributed by atoms with Crippen LogP contribution in [-0.2, 0) is 0 Å². The minimum atomic E-state index is -1.06. The average molecular weight is 195 g/mol. The molecule has 5 nitrogen and oxygen atoms in total. The van der Waals surface area contributed by atoms with Crippen molar-refractivity contribution in [2.24, 2.45) is 0 Å². The summed E-state index contributed by atoms with van der Waals surface area (Å²) in [4.78, 5) is 20.2. The van der Waals surface area contributed by atoms with Gasteiger partial charge in [0.15, 0.2) is 5.69 Å². The summed E-state index contributed by atoms with van der Waals surface area (Å²) in [6.45, 7) is 4.04. The third kappa shape index (κ3) is 2.18. The van der Waals surface area contributed by atoms with Crippen molar-refractivity contribution in [2.75, 3.05) is 11.9 Å². The molecular weight excluding hydrogens is 182 g/mol. The second-order valence-electron chi connectivity index (χ2n) is 3.27. The lowest BCUT2D eigenvalue weighted by atomic mass is 10.3. The van der Waals surface area contributed by atoms with E-state index in [1.165, 1.54) is 12.4 Å². The van der Waals surface area contributed by atoms with Gasteiger partial charge in [0, 0.05) is 13.1 Å². The van der Waals surface area contributed by atoms with Gasteiger partial charge in [-0.25, -0.2) is 14.8 Å². The number of hydrogen-bond donors (Lipinski definition) is 1. The van der Waals surface area contributed by atoms with Crippen molar-refractivity contribution in [3.05, 3.63) is 18.1 Å². The number of carboxylic acid groups (broad SMARTS) is 1. The van der Waals surface area contributed by atoms with Crippen LogP contribution < -0.4 is 4.90 Å². The van der Waals surface area contributed by atoms with Crippen LogP contribution in [0, 0.1) is 0 Å². The van der Waals surface area contributed by atoms with Gasteiger partial charge in [-0.15, -0.1) is 0 Å². The molecule has 0 unspecified atom stereocenters. The molecule has 0 radical (unpaired) electrons. The first-order chi connectivity index (χ1) is 6.52. The number of carboxylic acids is 1. The molecule has 0 aliphatic heterocycles. The van der Waals surface area contributed by atoms with Crippen molar-refractivity contribution >= 4 is 11.8 Å². The summed E-state index contributed by atoms with van der Waals surface area (Å²) in [7, 11) is 1.88. The summed E-state index contributed by atoms with van der Waals surface area (Å²) in [6, 6.07) is 0.306. The number of carbonyl (C=O) groups is 1. The van der Waals surface area contributed by atoms with Crippen LogP contribution in [-0.4, -0.2) is 34.1 Å². The van der Waals surface area contributed by atoms with Crippen LogP contribution >= 0.6 is 0 Å². The number of rotatable bonds is 3. The van der Waals surface area contributed by atoms with Crippen molar-refractivity contribution in [2.45, 2.75) is 19.9 Å². The van der Waals surface area contributed by atoms with Gasteiger partial charge in [0.05, 0.1) is 12.4 Å². The van der Waals surface area contributed by atoms with Gasteiger partial charge < -0.3 is 10.0 Å². The number of anilines is 1. The molecule has 0 aromatic carbocycles. The van der Waals surface area contributed by atoms with Crippen LogP contribution in [0.3, 0.4) is 0 Å². The van der Waals surface area contributed by atoms with Gasteiger partial charge in [0.25, 0.3) is 0 Å². The third-order valence-corrected chi connectivity index (χ3v) is 1.99. The Balaban J connectivity index is 2.88. The van der Waals surface area contributed by atoms with Gasteiger partial charge in [-0.1, -0.05) is 0 Å². The lowest BCUT2D eigenvalue weighted by molar-refractivity contribution is 0.0690. The highest BCUT2D eigenvalue weighted by molar-refractivity contribution is 5.84. The van der Waals surface area contributed by atoms with Crippen molar-refractivity contribution in [3.63, 3.8) is 0 Å². The fourth-order valence-electron chi connectivity index (χ4n) is 0.878. The summed E-state index contributed by atoms with van der Waals surface area (Å²) in [5, 5.41) is 8.61. The zero-order valence-corrected chi connectivity index (χ0v) is 8.43. The zero-order chi connectivity index (χ0) is 10.7. The van der Waals surface area contributed by atoms with Crippen molar-refractivity contribution in [1.82, 2.24) is 9.97 Å². The maximum Gasteiger partial charge on any atom is 0.356 e. The molecule has 1 heterocycles. The summed E-state index contributed by atoms with van der Waals surface area (Å²) < 4.78 is 0. The topological polar surface area (TPSA) is 66.3 Å². The third-order valence-electron chi connectivity index (χ3n) is 1.99. The highest BCUT2D eigenvalue weighted by atomic mass is 16.4. The predicted molar refractivity (Wildman–Crippen MR) is 52.5 cm³/mol. The smallest absolute Gasteiger partial charge is 0.356 e. The molecule has 0 aliphatic rings. The van der Waals surface area contributed by atoms with E-state index in [4.69, 9.17) is 5.11 Å². The minimum Gasteiger partial charge on any atom is -0.476 e. The lowest BCUT2D eigenvalue weighted by Crippen LogP contribution is -2.26. The maximum absolute atomic E-state index is 10.5. The standard InChI is InChI=1S/C9H13N3O2/c1-6(2)12(3)8-5-10-7(4-11-8)9(13)14/h4-6H,1-3H3,(H,13,14). The Labute approximate surface area is 82.4 Å². The second kappa shape index (κ2) is 4.04. The fourth-order valence-corrected chi connectivity index (χ4v) is 0.878. The highest BCUT2D eigenvalue weighted by Crippen LogP contribution is 2.09. The van der Waals surface area contributed by atoms with E-state index < -0.39 is 5.97 Å². The van der Waals surface area contributed by atoms with Gasteiger partial charge in [-0.2, -0.15) is 0 Å². The van der Waals surface area contributed by atoms with Gasteiger partial charge >= 0.3 is 5.97 Å². The minimum absolute atomic E-state index is 0.0362. The maximum atomic E-state index is 10.5. The predicted octanol–water partition coefficient (Wildman–Crippen LogP) is 1.02. The molecule has 0 saturated carbocycles. The molecule has 1 rings (SSSR count). The molecule has 0 amide bonds. The number of nitrogens with zero attached hydrogens (tertiary/aromatic N) is 3. The van der Waals surface area contributed by atoms with Crippen molar-refractivity contribution in [3.8, 4) is 0 Å². The van der Waals surface area contributed by atoms with Crippen LogP contribution in [0.25, 0.3) is 0 Å². The van der Waals surface area contributed by atoms with Crippen LogP contribution in [0.2, 0.25) is 0 Å². The summed E-state index contributed by atoms with van der Waals surface area (Å²) in [6.07, 6.45) is 2.72. The van der Waals surface area contributed by atoms with Crippen molar-refractivity contribution < 1.29 is 9.90 Å². The van der Waals surface area contributed by atoms with Gasteiger partial charge in [0.1, 0.15) is 5.82 Å². The first kappa shape index (κ1) is 10.4. The normalized spacial score (nSPS) is 10.3. The number of aromatic nitrogens is 2. The molecule has 76 valence electrons. The van der Waals surface area contributed by atoms with E-state index in [1.807, 2.05) is 25.8 Å². The van der Waals surface area contributed by atoms with Gasteiger partial charge in [0.2, 0.25) is 0 Å². The highest BCUT2D eigenvalue weighted by Gasteiger charge is 2.09. The monoisotopic (exact) mass is 195 g/mol. The molecule has 14 heavy (non-hydrogen) atoms. The van der Waals surface area contributed by atoms with E-state index >= 15 is 0 Å². The Kier molecular flexibility index (Phi) is 3.01. The summed E-state index contributed by atoms with van der Waals surface area (Å²) in [5.41, 5.74) is -0.0362. The molecule has 0 aliphatic carbocycles. The zero-order valence-electron chi connectivity index (χ0n) is 8.43. The van der Waals surface area contributed by atoms with Crippen molar-refractivity contribution in [1.29, 1.82) is 0 Å². The Morgan fingerprint density at radius 2 is 2.07 bits per heavy atom. The lowest BCUT2D eigenvalue weighted by Gasteiger charge is -2.21. The average Bonchev–Trinajstić information content (AvgIpc) is 2.16. The number of hydrogen-bond acceptors (Lipinski definition) is 4. The molecule has 1 aromatic rings. The molecule has 0 spiro atoms. The van der Waals surface area contributed by atoms with Crippen LogP contribution in [0.5, 0.6) is 0 Å². The molecule has 0 saturated heterocycles. The van der Waals surface area contributed by atoms with Crippen LogP contribution in [0.4, 0.5) is 5.82 Å². The quantitative estimate of drug-likeness (QED) is 0.780. The van der Waals surface area contributed by atoms with E-state index in [9.17, 15) is 4.79 Å². The first-order valence-corrected chi connectivity index (χ1v) is 4.30. The van der Waals surface area contributed by atoms with E-state index in [2.05, 4.69) is 9.97 Å². The molecule has 5 heteroatoms. The Hall–Kier alpha value is -1.65. The van der Waals surface area contributed by atoms with Gasteiger partial charge in [-0.05, 0) is 13.8 Å². The van der Waals surface area contributed by atoms with Crippen LogP contribution in [0.1, 0.15) is 24.3 Å². The molecule has 1 aromatic heterocycles. The van der Waals surface area contributed by atoms with E-state index in [1.54, 1.807) is 0 Å². The Bertz CT molecular complexity index is 321. The Morgan fingerprint density at radius 1 is 1.43 bits per heavy atom. The van der Waals surface area contributed by atoms with E-state index in [-0.39, 0.29) is 5.69 Å². The number of aromatic carboxylic acids is 1. The first-order valence-electron chi connectivity index (χ1n) is 4.30. The SMILES string of the molecule is CC(C)N(C)c1cnc(C(=O)O)cn1. The molecule has 0 fully saturated rings. The molecule has 0 atom stereocenters. The molecule has 1 N–H and O–H groups in total. The fraction of sp³-hybridized carbons (Fsp3) is 0.444. The summed E-state index contributed by atoms with van der Waals surface area (Å²) in [5.74, 6) is -0.388. The van der Waals surface area contributed by atoms with E-state index in [0.29, 0.717) is 11.9 Å². The molecular formula is C9H13N3O2. The van der Waals surface area contributed by atoms with E-state index in [0.717, 1.165) is 0 Å². The molecule has 0 bridgehead atoms. The van der Waals surface area contributed by atoms with Crippen LogP contribution in [0.15, 0.2) is 12.4 Å². The second-order valence-corrected chi connectivity index (χ2v) is 3.27. The Morgan fingerprint density at radius 3 is 2.43 bits per heavy atom.